The Kier molecular flexibility index (Phi) is 4.86. The molecule has 0 aliphatic carbocycles. The van der Waals surface area contributed by atoms with Crippen molar-refractivity contribution in [2.45, 2.75) is 13.0 Å². The van der Waals surface area contributed by atoms with Gasteiger partial charge >= 0.3 is 0 Å². The third-order valence-corrected chi connectivity index (χ3v) is 6.04. The number of nitrogens with two attached hydrogens (primary N) is 1. The molecule has 3 aromatic rings. The lowest BCUT2D eigenvalue weighted by Crippen LogP contribution is -2.47. The fourth-order valence-electron chi connectivity index (χ4n) is 4.39. The van der Waals surface area contributed by atoms with Gasteiger partial charge in [-0.25, -0.2) is 14.4 Å². The van der Waals surface area contributed by atoms with Gasteiger partial charge in [-0.3, -0.25) is 0 Å². The van der Waals surface area contributed by atoms with Crippen LogP contribution in [0.2, 0.25) is 0 Å². The number of benzene rings is 2. The molecule has 6 nitrogen and oxygen atoms in total. The molecule has 0 radical (unpaired) electrons. The summed E-state index contributed by atoms with van der Waals surface area (Å²) in [6, 6.07) is 15.2. The predicted octanol–water partition coefficient (Wildman–Crippen LogP) is 3.09. The molecule has 0 atom stereocenters. The van der Waals surface area contributed by atoms with Crippen molar-refractivity contribution in [3.63, 3.8) is 0 Å². The Morgan fingerprint density at radius 1 is 0.733 bits per heavy atom. The lowest BCUT2D eigenvalue weighted by atomic mass is 10.00. The molecule has 7 heteroatoms. The summed E-state index contributed by atoms with van der Waals surface area (Å²) >= 11 is 0. The summed E-state index contributed by atoms with van der Waals surface area (Å²) in [7, 11) is 0. The Labute approximate surface area is 175 Å². The van der Waals surface area contributed by atoms with Crippen molar-refractivity contribution < 1.29 is 4.39 Å². The van der Waals surface area contributed by atoms with Crippen LogP contribution in [0.25, 0.3) is 0 Å². The maximum absolute atomic E-state index is 13.2. The normalized spacial score (nSPS) is 16.5. The van der Waals surface area contributed by atoms with Crippen LogP contribution in [0.3, 0.4) is 0 Å². The monoisotopic (exact) mass is 404 g/mol. The Hall–Kier alpha value is -3.35. The molecule has 1 aromatic heterocycles. The molecule has 5 rings (SSSR count). The van der Waals surface area contributed by atoms with E-state index < -0.39 is 0 Å². The maximum atomic E-state index is 13.2. The van der Waals surface area contributed by atoms with Gasteiger partial charge in [0.05, 0.1) is 0 Å². The number of halogens is 1. The van der Waals surface area contributed by atoms with Gasteiger partial charge in [-0.05, 0) is 41.8 Å². The number of hydrogen-bond donors (Lipinski definition) is 1. The topological polar surface area (TPSA) is 61.5 Å². The van der Waals surface area contributed by atoms with Gasteiger partial charge < -0.3 is 20.4 Å². The van der Waals surface area contributed by atoms with Crippen molar-refractivity contribution in [3.05, 3.63) is 71.8 Å². The highest BCUT2D eigenvalue weighted by Crippen LogP contribution is 2.32. The molecule has 0 amide bonds. The molecule has 2 aliphatic rings. The van der Waals surface area contributed by atoms with Crippen LogP contribution in [0, 0.1) is 5.82 Å². The van der Waals surface area contributed by atoms with Crippen LogP contribution in [0.5, 0.6) is 0 Å². The number of rotatable bonds is 3. The Morgan fingerprint density at radius 2 is 1.37 bits per heavy atom. The summed E-state index contributed by atoms with van der Waals surface area (Å²) in [6.45, 7) is 5.00. The molecule has 0 unspecified atom stereocenters. The van der Waals surface area contributed by atoms with E-state index in [9.17, 15) is 4.39 Å². The van der Waals surface area contributed by atoms with Crippen LogP contribution in [0.15, 0.2) is 54.9 Å². The second kappa shape index (κ2) is 7.82. The molecule has 2 aromatic carbocycles. The van der Waals surface area contributed by atoms with E-state index >= 15 is 0 Å². The molecule has 154 valence electrons. The molecular weight excluding hydrogens is 379 g/mol. The molecule has 0 spiro atoms. The molecule has 2 N–H and O–H groups in total. The number of hydrogen-bond acceptors (Lipinski definition) is 6. The number of nitrogens with zero attached hydrogens (tertiary/aromatic N) is 5. The number of nitrogen functional groups attached to an aromatic ring is 1. The van der Waals surface area contributed by atoms with Gasteiger partial charge in [-0.1, -0.05) is 24.3 Å². The minimum absolute atomic E-state index is 0.209. The number of fused-ring (bicyclic) bond motifs is 1. The van der Waals surface area contributed by atoms with Gasteiger partial charge in [0.15, 0.2) is 11.6 Å². The first kappa shape index (κ1) is 18.7. The standard InChI is InChI=1S/C23H25FN6/c24-19-5-7-20(8-6-19)28-11-13-29(14-12-28)22-21(25)23(27-16-26-22)30-10-9-17-3-1-2-4-18(17)15-30/h1-8,16H,9-15,25H2. The van der Waals surface area contributed by atoms with Gasteiger partial charge in [-0.2, -0.15) is 0 Å². The number of anilines is 4. The van der Waals surface area contributed by atoms with E-state index in [0.717, 1.165) is 63.0 Å². The smallest absolute Gasteiger partial charge is 0.157 e. The highest BCUT2D eigenvalue weighted by atomic mass is 19.1. The summed E-state index contributed by atoms with van der Waals surface area (Å²) in [6.07, 6.45) is 2.61. The van der Waals surface area contributed by atoms with Crippen LogP contribution in [0.1, 0.15) is 11.1 Å². The average molecular weight is 404 g/mol. The molecule has 30 heavy (non-hydrogen) atoms. The molecule has 0 saturated carbocycles. The van der Waals surface area contributed by atoms with Crippen molar-refractivity contribution in [2.24, 2.45) is 0 Å². The molecule has 1 fully saturated rings. The van der Waals surface area contributed by atoms with Crippen LogP contribution >= 0.6 is 0 Å². The van der Waals surface area contributed by atoms with Gasteiger partial charge in [0.2, 0.25) is 0 Å². The Bertz CT molecular complexity index is 1030. The summed E-state index contributed by atoms with van der Waals surface area (Å²) in [5.74, 6) is 1.41. The Morgan fingerprint density at radius 3 is 2.10 bits per heavy atom. The minimum Gasteiger partial charge on any atom is -0.393 e. The summed E-state index contributed by atoms with van der Waals surface area (Å²) in [5, 5.41) is 0. The molecule has 1 saturated heterocycles. The molecule has 2 aliphatic heterocycles. The van der Waals surface area contributed by atoms with Crippen molar-refractivity contribution in [2.75, 3.05) is 53.2 Å². The van der Waals surface area contributed by atoms with Gasteiger partial charge in [0.25, 0.3) is 0 Å². The summed E-state index contributed by atoms with van der Waals surface area (Å²) < 4.78 is 13.2. The van der Waals surface area contributed by atoms with Crippen molar-refractivity contribution in [3.8, 4) is 0 Å². The zero-order valence-electron chi connectivity index (χ0n) is 16.8. The first-order chi connectivity index (χ1) is 14.7. The second-order valence-corrected chi connectivity index (χ2v) is 7.83. The van der Waals surface area contributed by atoms with Gasteiger partial charge in [0, 0.05) is 45.0 Å². The van der Waals surface area contributed by atoms with Crippen LogP contribution in [-0.2, 0) is 13.0 Å². The van der Waals surface area contributed by atoms with Crippen LogP contribution < -0.4 is 20.4 Å². The van der Waals surface area contributed by atoms with E-state index in [2.05, 4.69) is 48.9 Å². The second-order valence-electron chi connectivity index (χ2n) is 7.83. The Balaban J connectivity index is 1.31. The van der Waals surface area contributed by atoms with E-state index in [4.69, 9.17) is 5.73 Å². The molecule has 0 bridgehead atoms. The summed E-state index contributed by atoms with van der Waals surface area (Å²) in [5.41, 5.74) is 11.0. The quantitative estimate of drug-likeness (QED) is 0.724. The lowest BCUT2D eigenvalue weighted by molar-refractivity contribution is 0.624. The van der Waals surface area contributed by atoms with E-state index in [1.165, 1.54) is 23.3 Å². The third kappa shape index (κ3) is 3.51. The van der Waals surface area contributed by atoms with Crippen LogP contribution in [0.4, 0.5) is 27.4 Å². The lowest BCUT2D eigenvalue weighted by Gasteiger charge is -2.38. The van der Waals surface area contributed by atoms with E-state index in [-0.39, 0.29) is 5.82 Å². The van der Waals surface area contributed by atoms with Gasteiger partial charge in [0.1, 0.15) is 17.8 Å². The fourth-order valence-corrected chi connectivity index (χ4v) is 4.39. The van der Waals surface area contributed by atoms with Crippen molar-refractivity contribution in [1.29, 1.82) is 0 Å². The predicted molar refractivity (Wildman–Crippen MR) is 118 cm³/mol. The highest BCUT2D eigenvalue weighted by molar-refractivity contribution is 5.76. The van der Waals surface area contributed by atoms with Gasteiger partial charge in [-0.15, -0.1) is 0 Å². The van der Waals surface area contributed by atoms with Crippen molar-refractivity contribution in [1.82, 2.24) is 9.97 Å². The van der Waals surface area contributed by atoms with Crippen molar-refractivity contribution >= 4 is 23.0 Å². The highest BCUT2D eigenvalue weighted by Gasteiger charge is 2.25. The third-order valence-electron chi connectivity index (χ3n) is 6.04. The fraction of sp³-hybridized carbons (Fsp3) is 0.304. The van der Waals surface area contributed by atoms with E-state index in [0.29, 0.717) is 5.69 Å². The minimum atomic E-state index is -0.209. The first-order valence-corrected chi connectivity index (χ1v) is 10.4. The molecular formula is C23H25FN6. The first-order valence-electron chi connectivity index (χ1n) is 10.4. The molecule has 3 heterocycles. The maximum Gasteiger partial charge on any atom is 0.157 e. The zero-order valence-corrected chi connectivity index (χ0v) is 16.8. The SMILES string of the molecule is Nc1c(N2CCN(c3ccc(F)cc3)CC2)ncnc1N1CCc2ccccc2C1. The zero-order chi connectivity index (χ0) is 20.5. The largest absolute Gasteiger partial charge is 0.393 e. The average Bonchev–Trinajstić information content (AvgIpc) is 2.80. The van der Waals surface area contributed by atoms with E-state index in [1.807, 2.05) is 12.1 Å². The number of piperazine rings is 1. The van der Waals surface area contributed by atoms with E-state index in [1.54, 1.807) is 6.33 Å². The number of aromatic nitrogens is 2. The summed E-state index contributed by atoms with van der Waals surface area (Å²) in [4.78, 5) is 15.8. The van der Waals surface area contributed by atoms with Crippen LogP contribution in [-0.4, -0.2) is 42.7 Å².